The Morgan fingerprint density at radius 1 is 1.04 bits per heavy atom. The first kappa shape index (κ1) is 18.7. The van der Waals surface area contributed by atoms with E-state index in [-0.39, 0.29) is 24.4 Å². The van der Waals surface area contributed by atoms with Crippen molar-refractivity contribution in [1.29, 1.82) is 0 Å². The number of nitrogens with zero attached hydrogens (tertiary/aromatic N) is 1. The Morgan fingerprint density at radius 2 is 1.64 bits per heavy atom. The highest BCUT2D eigenvalue weighted by Crippen LogP contribution is 2.16. The molecule has 2 N–H and O–H groups in total. The third-order valence-corrected chi connectivity index (χ3v) is 4.15. The van der Waals surface area contributed by atoms with Crippen molar-refractivity contribution in [1.82, 2.24) is 4.90 Å². The Morgan fingerprint density at radius 3 is 2.16 bits per heavy atom. The number of carbonyl (C=O) groups is 2. The first-order chi connectivity index (χ1) is 11.9. The largest absolute Gasteiger partial charge is 0.478 e. The SMILES string of the molecule is CCN(CC(O)c1ccc(C)cc1)C(=O)Cc1ccc(C(=O)O)cc1. The molecule has 25 heavy (non-hydrogen) atoms. The second kappa shape index (κ2) is 8.44. The summed E-state index contributed by atoms with van der Waals surface area (Å²) in [6, 6.07) is 13.9. The van der Waals surface area contributed by atoms with Crippen LogP contribution in [-0.2, 0) is 11.2 Å². The molecule has 0 saturated carbocycles. The summed E-state index contributed by atoms with van der Waals surface area (Å²) in [6.07, 6.45) is -0.562. The number of amides is 1. The van der Waals surface area contributed by atoms with Crippen molar-refractivity contribution in [2.75, 3.05) is 13.1 Å². The molecule has 5 nitrogen and oxygen atoms in total. The standard InChI is InChI=1S/C20H23NO4/c1-3-21(13-18(22)16-8-4-14(2)5-9-16)19(23)12-15-6-10-17(11-7-15)20(24)25/h4-11,18,22H,3,12-13H2,1-2H3,(H,24,25). The fourth-order valence-corrected chi connectivity index (χ4v) is 2.56. The van der Waals surface area contributed by atoms with E-state index in [9.17, 15) is 14.7 Å². The van der Waals surface area contributed by atoms with Crippen molar-refractivity contribution in [3.8, 4) is 0 Å². The normalized spacial score (nSPS) is 11.8. The van der Waals surface area contributed by atoms with E-state index in [1.807, 2.05) is 38.1 Å². The number of carbonyl (C=O) groups excluding carboxylic acids is 1. The fourth-order valence-electron chi connectivity index (χ4n) is 2.56. The van der Waals surface area contributed by atoms with Crippen LogP contribution in [0.15, 0.2) is 48.5 Å². The Kier molecular flexibility index (Phi) is 6.31. The van der Waals surface area contributed by atoms with Crippen LogP contribution >= 0.6 is 0 Å². The molecule has 0 fully saturated rings. The summed E-state index contributed by atoms with van der Waals surface area (Å²) < 4.78 is 0. The summed E-state index contributed by atoms with van der Waals surface area (Å²) in [7, 11) is 0. The number of likely N-dealkylation sites (N-methyl/N-ethyl adjacent to an activating group) is 1. The molecular formula is C20H23NO4. The Balaban J connectivity index is 2.00. The summed E-state index contributed by atoms with van der Waals surface area (Å²) in [6.45, 7) is 4.57. The number of aliphatic hydroxyl groups is 1. The molecule has 132 valence electrons. The fraction of sp³-hybridized carbons (Fsp3) is 0.300. The van der Waals surface area contributed by atoms with Gasteiger partial charge < -0.3 is 15.1 Å². The topological polar surface area (TPSA) is 77.8 Å². The molecule has 0 heterocycles. The molecule has 0 bridgehead atoms. The number of aryl methyl sites for hydroxylation is 1. The number of hydrogen-bond donors (Lipinski definition) is 2. The third-order valence-electron chi connectivity index (χ3n) is 4.15. The predicted octanol–water partition coefficient (Wildman–Crippen LogP) is 2.82. The zero-order valence-electron chi connectivity index (χ0n) is 14.5. The van der Waals surface area contributed by atoms with Gasteiger partial charge >= 0.3 is 5.97 Å². The third kappa shape index (κ3) is 5.16. The average Bonchev–Trinajstić information content (AvgIpc) is 2.60. The Bertz CT molecular complexity index is 722. The molecule has 0 aromatic heterocycles. The molecule has 0 aliphatic rings. The molecule has 0 saturated heterocycles. The molecule has 0 spiro atoms. The molecule has 2 rings (SSSR count). The van der Waals surface area contributed by atoms with Gasteiger partial charge in [0, 0.05) is 6.54 Å². The van der Waals surface area contributed by atoms with E-state index in [1.165, 1.54) is 12.1 Å². The van der Waals surface area contributed by atoms with Crippen LogP contribution in [0.5, 0.6) is 0 Å². The van der Waals surface area contributed by atoms with Crippen molar-refractivity contribution in [3.05, 3.63) is 70.8 Å². The van der Waals surface area contributed by atoms with Crippen LogP contribution in [-0.4, -0.2) is 40.1 Å². The molecule has 0 radical (unpaired) electrons. The second-order valence-electron chi connectivity index (χ2n) is 6.04. The van der Waals surface area contributed by atoms with Gasteiger partial charge in [-0.05, 0) is 37.1 Å². The highest BCUT2D eigenvalue weighted by atomic mass is 16.4. The number of carboxylic acids is 1. The van der Waals surface area contributed by atoms with Gasteiger partial charge in [0.05, 0.1) is 24.6 Å². The number of benzene rings is 2. The lowest BCUT2D eigenvalue weighted by atomic mass is 10.1. The molecule has 1 unspecified atom stereocenters. The summed E-state index contributed by atoms with van der Waals surface area (Å²) in [5, 5.41) is 19.3. The zero-order valence-corrected chi connectivity index (χ0v) is 14.5. The van der Waals surface area contributed by atoms with Crippen LogP contribution in [0.4, 0.5) is 0 Å². The van der Waals surface area contributed by atoms with Crippen molar-refractivity contribution in [3.63, 3.8) is 0 Å². The van der Waals surface area contributed by atoms with Gasteiger partial charge in [-0.3, -0.25) is 4.79 Å². The minimum atomic E-state index is -0.991. The van der Waals surface area contributed by atoms with E-state index in [4.69, 9.17) is 5.11 Å². The molecular weight excluding hydrogens is 318 g/mol. The molecule has 5 heteroatoms. The molecule has 0 aliphatic carbocycles. The van der Waals surface area contributed by atoms with Gasteiger partial charge in [0.15, 0.2) is 0 Å². The monoisotopic (exact) mass is 341 g/mol. The van der Waals surface area contributed by atoms with Gasteiger partial charge in [0.1, 0.15) is 0 Å². The summed E-state index contributed by atoms with van der Waals surface area (Å²) in [4.78, 5) is 25.0. The zero-order chi connectivity index (χ0) is 18.4. The smallest absolute Gasteiger partial charge is 0.335 e. The molecule has 1 atom stereocenters. The number of rotatable bonds is 7. The van der Waals surface area contributed by atoms with Gasteiger partial charge in [-0.15, -0.1) is 0 Å². The Labute approximate surface area is 147 Å². The number of aromatic carboxylic acids is 1. The van der Waals surface area contributed by atoms with Gasteiger partial charge in [-0.1, -0.05) is 42.0 Å². The molecule has 1 amide bonds. The van der Waals surface area contributed by atoms with E-state index in [2.05, 4.69) is 0 Å². The average molecular weight is 341 g/mol. The minimum Gasteiger partial charge on any atom is -0.478 e. The van der Waals surface area contributed by atoms with E-state index in [1.54, 1.807) is 17.0 Å². The number of aliphatic hydroxyl groups excluding tert-OH is 1. The molecule has 0 aliphatic heterocycles. The van der Waals surface area contributed by atoms with Crippen LogP contribution in [0.1, 0.15) is 40.1 Å². The Hall–Kier alpha value is -2.66. The maximum Gasteiger partial charge on any atom is 0.335 e. The minimum absolute atomic E-state index is 0.100. The first-order valence-corrected chi connectivity index (χ1v) is 8.25. The lowest BCUT2D eigenvalue weighted by Gasteiger charge is -2.24. The summed E-state index contributed by atoms with van der Waals surface area (Å²) in [5.74, 6) is -1.09. The van der Waals surface area contributed by atoms with Crippen LogP contribution in [0, 0.1) is 6.92 Å². The second-order valence-corrected chi connectivity index (χ2v) is 6.04. The molecule has 2 aromatic carbocycles. The van der Waals surface area contributed by atoms with Crippen molar-refractivity contribution < 1.29 is 19.8 Å². The maximum atomic E-state index is 12.5. The number of carboxylic acid groups (broad SMARTS) is 1. The van der Waals surface area contributed by atoms with Gasteiger partial charge in [-0.25, -0.2) is 4.79 Å². The van der Waals surface area contributed by atoms with Crippen LogP contribution < -0.4 is 0 Å². The lowest BCUT2D eigenvalue weighted by molar-refractivity contribution is -0.131. The van der Waals surface area contributed by atoms with Crippen LogP contribution in [0.2, 0.25) is 0 Å². The van der Waals surface area contributed by atoms with Gasteiger partial charge in [-0.2, -0.15) is 0 Å². The number of hydrogen-bond acceptors (Lipinski definition) is 3. The summed E-state index contributed by atoms with van der Waals surface area (Å²) in [5.41, 5.74) is 2.84. The quantitative estimate of drug-likeness (QED) is 0.812. The van der Waals surface area contributed by atoms with Crippen LogP contribution in [0.25, 0.3) is 0 Å². The maximum absolute atomic E-state index is 12.5. The van der Waals surface area contributed by atoms with Crippen molar-refractivity contribution in [2.45, 2.75) is 26.4 Å². The van der Waals surface area contributed by atoms with Crippen molar-refractivity contribution in [2.24, 2.45) is 0 Å². The highest BCUT2D eigenvalue weighted by molar-refractivity contribution is 5.87. The van der Waals surface area contributed by atoms with Gasteiger partial charge in [0.25, 0.3) is 0 Å². The van der Waals surface area contributed by atoms with E-state index >= 15 is 0 Å². The van der Waals surface area contributed by atoms with Crippen LogP contribution in [0.3, 0.4) is 0 Å². The predicted molar refractivity (Wildman–Crippen MR) is 95.5 cm³/mol. The lowest BCUT2D eigenvalue weighted by Crippen LogP contribution is -2.35. The molecule has 2 aromatic rings. The highest BCUT2D eigenvalue weighted by Gasteiger charge is 2.18. The van der Waals surface area contributed by atoms with E-state index in [0.29, 0.717) is 6.54 Å². The van der Waals surface area contributed by atoms with E-state index in [0.717, 1.165) is 16.7 Å². The first-order valence-electron chi connectivity index (χ1n) is 8.25. The summed E-state index contributed by atoms with van der Waals surface area (Å²) >= 11 is 0. The van der Waals surface area contributed by atoms with Crippen molar-refractivity contribution >= 4 is 11.9 Å². The van der Waals surface area contributed by atoms with E-state index < -0.39 is 12.1 Å². The van der Waals surface area contributed by atoms with Gasteiger partial charge in [0.2, 0.25) is 5.91 Å².